The lowest BCUT2D eigenvalue weighted by Crippen LogP contribution is -2.30. The molecule has 0 saturated heterocycles. The van der Waals surface area contributed by atoms with E-state index < -0.39 is 24.1 Å². The molecule has 25 heavy (non-hydrogen) atoms. The number of alkyl halides is 3. The molecule has 0 heterocycles. The lowest BCUT2D eigenvalue weighted by atomic mass is 9.99. The van der Waals surface area contributed by atoms with Crippen molar-refractivity contribution in [3.8, 4) is 11.1 Å². The summed E-state index contributed by atoms with van der Waals surface area (Å²) >= 11 is 0. The molecule has 1 amide bonds. The van der Waals surface area contributed by atoms with Gasteiger partial charge >= 0.3 is 18.2 Å². The van der Waals surface area contributed by atoms with E-state index in [1.165, 1.54) is 24.3 Å². The average Bonchev–Trinajstić information content (AvgIpc) is 2.51. The molecule has 0 unspecified atom stereocenters. The third-order valence-corrected chi connectivity index (χ3v) is 3.30. The van der Waals surface area contributed by atoms with E-state index in [-0.39, 0.29) is 5.69 Å². The van der Waals surface area contributed by atoms with Gasteiger partial charge in [0.2, 0.25) is 0 Å². The third-order valence-electron chi connectivity index (χ3n) is 3.30. The van der Waals surface area contributed by atoms with Crippen LogP contribution in [0.3, 0.4) is 0 Å². The number of ether oxygens (including phenoxy) is 1. The zero-order valence-corrected chi connectivity index (χ0v) is 13.2. The summed E-state index contributed by atoms with van der Waals surface area (Å²) < 4.78 is 53.5. The van der Waals surface area contributed by atoms with Crippen molar-refractivity contribution in [3.63, 3.8) is 0 Å². The van der Waals surface area contributed by atoms with E-state index in [1.807, 2.05) is 0 Å². The van der Waals surface area contributed by atoms with Gasteiger partial charge in [-0.1, -0.05) is 17.7 Å². The summed E-state index contributed by atoms with van der Waals surface area (Å²) in [7, 11) is 0. The van der Waals surface area contributed by atoms with E-state index in [0.717, 1.165) is 5.56 Å². The van der Waals surface area contributed by atoms with Crippen LogP contribution < -0.4 is 5.32 Å². The van der Waals surface area contributed by atoms with Crippen LogP contribution >= 0.6 is 0 Å². The molecule has 0 aliphatic heterocycles. The highest BCUT2D eigenvalue weighted by Gasteiger charge is 2.42. The minimum Gasteiger partial charge on any atom is -0.369 e. The topological polar surface area (TPSA) is 55.4 Å². The van der Waals surface area contributed by atoms with Gasteiger partial charge in [0.25, 0.3) is 0 Å². The summed E-state index contributed by atoms with van der Waals surface area (Å²) in [6.07, 6.45) is -6.84. The quantitative estimate of drug-likeness (QED) is 0.481. The maximum absolute atomic E-state index is 13.4. The second kappa shape index (κ2) is 6.92. The standard InChI is InChI=1S/C17H13F4NO3/c1-9-3-6-14(22-16(24)25-15(23)17(19,20)21)12(7-9)11-4-5-13(18)10(2)8-11/h3-8H,1-2H3,(H,22,24). The average molecular weight is 355 g/mol. The Hall–Kier alpha value is -2.90. The zero-order valence-electron chi connectivity index (χ0n) is 13.2. The number of carbonyl (C=O) groups is 2. The van der Waals surface area contributed by atoms with E-state index in [4.69, 9.17) is 0 Å². The van der Waals surface area contributed by atoms with E-state index in [2.05, 4.69) is 10.1 Å². The molecule has 0 atom stereocenters. The van der Waals surface area contributed by atoms with Gasteiger partial charge in [-0.15, -0.1) is 0 Å². The minimum absolute atomic E-state index is 0.122. The highest BCUT2D eigenvalue weighted by atomic mass is 19.4. The Morgan fingerprint density at radius 1 is 1.04 bits per heavy atom. The van der Waals surface area contributed by atoms with Crippen molar-refractivity contribution in [1.82, 2.24) is 0 Å². The van der Waals surface area contributed by atoms with Crippen LogP contribution in [0.5, 0.6) is 0 Å². The molecule has 0 saturated carbocycles. The molecule has 1 N–H and O–H groups in total. The molecule has 0 bridgehead atoms. The number of esters is 1. The van der Waals surface area contributed by atoms with E-state index in [9.17, 15) is 27.2 Å². The molecule has 0 fully saturated rings. The second-order valence-electron chi connectivity index (χ2n) is 5.31. The van der Waals surface area contributed by atoms with Gasteiger partial charge in [-0.25, -0.2) is 14.0 Å². The number of rotatable bonds is 2. The molecule has 0 aliphatic carbocycles. The van der Waals surface area contributed by atoms with Crippen molar-refractivity contribution in [2.75, 3.05) is 5.32 Å². The van der Waals surface area contributed by atoms with Crippen LogP contribution in [-0.2, 0) is 9.53 Å². The molecule has 2 rings (SSSR count). The van der Waals surface area contributed by atoms with Crippen molar-refractivity contribution >= 4 is 17.7 Å². The summed E-state index contributed by atoms with van der Waals surface area (Å²) in [5, 5.41) is 2.10. The Balaban J connectivity index is 2.31. The van der Waals surface area contributed by atoms with Gasteiger partial charge in [-0.05, 0) is 49.2 Å². The number of benzene rings is 2. The van der Waals surface area contributed by atoms with E-state index in [1.54, 1.807) is 26.0 Å². The Bertz CT molecular complexity index is 831. The molecular formula is C17H13F4NO3. The van der Waals surface area contributed by atoms with Crippen LogP contribution in [0.4, 0.5) is 28.0 Å². The van der Waals surface area contributed by atoms with Crippen LogP contribution in [0.25, 0.3) is 11.1 Å². The lowest BCUT2D eigenvalue weighted by Gasteiger charge is -2.13. The molecule has 0 aliphatic rings. The van der Waals surface area contributed by atoms with Gasteiger partial charge in [-0.2, -0.15) is 13.2 Å². The molecule has 132 valence electrons. The molecule has 0 aromatic heterocycles. The predicted molar refractivity (Wildman–Crippen MR) is 82.5 cm³/mol. The fourth-order valence-electron chi connectivity index (χ4n) is 2.10. The van der Waals surface area contributed by atoms with Crippen molar-refractivity contribution in [2.24, 2.45) is 0 Å². The zero-order chi connectivity index (χ0) is 18.8. The van der Waals surface area contributed by atoms with E-state index >= 15 is 0 Å². The van der Waals surface area contributed by atoms with Crippen LogP contribution in [0.15, 0.2) is 36.4 Å². The number of halogens is 4. The first kappa shape index (κ1) is 18.4. The number of carbonyl (C=O) groups excluding carboxylic acids is 2. The Morgan fingerprint density at radius 3 is 2.32 bits per heavy atom. The number of nitrogens with one attached hydrogen (secondary N) is 1. The van der Waals surface area contributed by atoms with Gasteiger partial charge in [-0.3, -0.25) is 5.32 Å². The molecule has 2 aromatic carbocycles. The van der Waals surface area contributed by atoms with Crippen LogP contribution in [0.2, 0.25) is 0 Å². The van der Waals surface area contributed by atoms with Gasteiger partial charge in [0, 0.05) is 5.56 Å². The predicted octanol–water partition coefficient (Wildman–Crippen LogP) is 4.75. The number of amides is 1. The molecule has 2 aromatic rings. The Morgan fingerprint density at radius 2 is 1.72 bits per heavy atom. The minimum atomic E-state index is -5.28. The highest BCUT2D eigenvalue weighted by Crippen LogP contribution is 2.30. The largest absolute Gasteiger partial charge is 0.491 e. The van der Waals surface area contributed by atoms with Gasteiger partial charge in [0.1, 0.15) is 5.82 Å². The van der Waals surface area contributed by atoms with Gasteiger partial charge < -0.3 is 4.74 Å². The third kappa shape index (κ3) is 4.56. The molecule has 8 heteroatoms. The monoisotopic (exact) mass is 355 g/mol. The molecule has 0 spiro atoms. The summed E-state index contributed by atoms with van der Waals surface area (Å²) in [5.74, 6) is -3.03. The first-order chi connectivity index (χ1) is 11.6. The number of hydrogen-bond acceptors (Lipinski definition) is 3. The summed E-state index contributed by atoms with van der Waals surface area (Å²) in [6.45, 7) is 3.33. The highest BCUT2D eigenvalue weighted by molar-refractivity contribution is 5.97. The number of anilines is 1. The second-order valence-corrected chi connectivity index (χ2v) is 5.31. The molecule has 0 radical (unpaired) electrons. The fraction of sp³-hybridized carbons (Fsp3) is 0.176. The van der Waals surface area contributed by atoms with Crippen LogP contribution in [0.1, 0.15) is 11.1 Å². The Labute approximate surface area is 140 Å². The van der Waals surface area contributed by atoms with Crippen LogP contribution in [0, 0.1) is 19.7 Å². The summed E-state index contributed by atoms with van der Waals surface area (Å²) in [4.78, 5) is 22.3. The lowest BCUT2D eigenvalue weighted by molar-refractivity contribution is -0.192. The van der Waals surface area contributed by atoms with Gasteiger partial charge in [0.05, 0.1) is 5.69 Å². The first-order valence-corrected chi connectivity index (χ1v) is 7.05. The number of aryl methyl sites for hydroxylation is 2. The SMILES string of the molecule is Cc1ccc(NC(=O)OC(=O)C(F)(F)F)c(-c2ccc(F)c(C)c2)c1. The fourth-order valence-corrected chi connectivity index (χ4v) is 2.10. The van der Waals surface area contributed by atoms with Crippen molar-refractivity contribution in [1.29, 1.82) is 0 Å². The van der Waals surface area contributed by atoms with E-state index in [0.29, 0.717) is 16.7 Å². The van der Waals surface area contributed by atoms with Crippen molar-refractivity contribution < 1.29 is 31.9 Å². The first-order valence-electron chi connectivity index (χ1n) is 7.05. The summed E-state index contributed by atoms with van der Waals surface area (Å²) in [6, 6.07) is 8.95. The van der Waals surface area contributed by atoms with Crippen LogP contribution in [-0.4, -0.2) is 18.2 Å². The van der Waals surface area contributed by atoms with Crippen molar-refractivity contribution in [3.05, 3.63) is 53.3 Å². The van der Waals surface area contributed by atoms with Gasteiger partial charge in [0.15, 0.2) is 0 Å². The maximum atomic E-state index is 13.4. The molecule has 4 nitrogen and oxygen atoms in total. The smallest absolute Gasteiger partial charge is 0.369 e. The molecular weight excluding hydrogens is 342 g/mol. The van der Waals surface area contributed by atoms with Crippen molar-refractivity contribution in [2.45, 2.75) is 20.0 Å². The maximum Gasteiger partial charge on any atom is 0.491 e. The normalized spacial score (nSPS) is 11.1. The number of hydrogen-bond donors (Lipinski definition) is 1. The summed E-state index contributed by atoms with van der Waals surface area (Å²) in [5.41, 5.74) is 2.28. The Kier molecular flexibility index (Phi) is 5.10.